The summed E-state index contributed by atoms with van der Waals surface area (Å²) < 4.78 is 0. The van der Waals surface area contributed by atoms with Crippen molar-refractivity contribution in [2.45, 2.75) is 128 Å². The third-order valence-electron chi connectivity index (χ3n) is 13.6. The van der Waals surface area contributed by atoms with Gasteiger partial charge in [-0.3, -0.25) is 4.79 Å². The van der Waals surface area contributed by atoms with E-state index in [1.807, 2.05) is 36.4 Å². The molecule has 65 heavy (non-hydrogen) atoms. The van der Waals surface area contributed by atoms with Crippen LogP contribution < -0.4 is 113 Å². The van der Waals surface area contributed by atoms with Crippen molar-refractivity contribution in [2.75, 3.05) is 38.1 Å². The normalized spacial score (nSPS) is 19.8. The van der Waals surface area contributed by atoms with Gasteiger partial charge in [0.25, 0.3) is 6.47 Å². The fourth-order valence-electron chi connectivity index (χ4n) is 9.63. The molecule has 8 rings (SSSR count). The fraction of sp³-hybridized carbons (Fsp3) is 0.528. The second kappa shape index (κ2) is 34.7. The largest absolute Gasteiger partial charge is 1.00 e. The van der Waals surface area contributed by atoms with Crippen molar-refractivity contribution < 1.29 is 129 Å². The Hall–Kier alpha value is 0.483. The Labute approximate surface area is 497 Å². The molecule has 2 saturated carbocycles. The van der Waals surface area contributed by atoms with Gasteiger partial charge in [0.05, 0.1) is 12.2 Å². The van der Waals surface area contributed by atoms with Crippen molar-refractivity contribution in [2.24, 2.45) is 11.8 Å². The second-order valence-corrected chi connectivity index (χ2v) is 19.0. The summed E-state index contributed by atoms with van der Waals surface area (Å²) in [6.45, 7) is 5.31. The molecule has 3 N–H and O–H groups in total. The fourth-order valence-corrected chi connectivity index (χ4v) is 10.5. The third kappa shape index (κ3) is 20.3. The number of likely N-dealkylation sites (tertiary alicyclic amines) is 1. The molecule has 4 aromatic rings. The number of hydrogen-bond donors (Lipinski definition) is 3. The molecule has 0 spiro atoms. The first-order chi connectivity index (χ1) is 29.7. The molecule has 0 radical (unpaired) electrons. The monoisotopic (exact) mass is 1050 g/mol. The number of nitrogens with zero attached hydrogens (tertiary/aromatic N) is 1. The third-order valence-corrected chi connectivity index (χ3v) is 14.7. The molecular weight excluding hydrogens is 974 g/mol. The van der Waals surface area contributed by atoms with Crippen molar-refractivity contribution in [1.82, 2.24) is 10.2 Å². The minimum absolute atomic E-state index is 0. The summed E-state index contributed by atoms with van der Waals surface area (Å²) in [6.07, 6.45) is 16.5. The van der Waals surface area contributed by atoms with Gasteiger partial charge in [-0.2, -0.15) is 0 Å². The van der Waals surface area contributed by atoms with Gasteiger partial charge >= 0.3 is 103 Å². The number of nitrogens with one attached hydrogen (secondary N) is 1. The number of β-amino-alcohol motifs (C(OH)–C–C–N with tert-alkyl or cyclic N) is 1. The molecule has 4 atom stereocenters. The predicted octanol–water partition coefficient (Wildman–Crippen LogP) is 5.43. The number of carbonyl (C=O) groups excluding carboxylic acids is 1. The van der Waals surface area contributed by atoms with Gasteiger partial charge < -0.3 is 32.0 Å². The van der Waals surface area contributed by atoms with Gasteiger partial charge in [0, 0.05) is 39.3 Å². The van der Waals surface area contributed by atoms with Crippen LogP contribution >= 0.6 is 39.1 Å². The molecule has 0 unspecified atom stereocenters. The molecule has 2 heterocycles. The predicted molar refractivity (Wildman–Crippen MR) is 266 cm³/mol. The number of alkyl halides is 1. The summed E-state index contributed by atoms with van der Waals surface area (Å²) in [6, 6.07) is 37.7. The number of aliphatic hydroxyl groups is 2. The topological polar surface area (TPSA) is 105 Å². The quantitative estimate of drug-likeness (QED) is 0.0510. The summed E-state index contributed by atoms with van der Waals surface area (Å²) in [7, 11) is 0. The van der Waals surface area contributed by atoms with Crippen molar-refractivity contribution in [3.05, 3.63) is 141 Å². The van der Waals surface area contributed by atoms with E-state index in [4.69, 9.17) is 33.3 Å². The zero-order valence-corrected chi connectivity index (χ0v) is 47.0. The summed E-state index contributed by atoms with van der Waals surface area (Å²) in [5.74, 6) is 1.65. The van der Waals surface area contributed by atoms with E-state index in [9.17, 15) is 10.2 Å². The number of rotatable bonds is 14. The van der Waals surface area contributed by atoms with Crippen molar-refractivity contribution in [3.8, 4) is 0 Å². The smallest absolute Gasteiger partial charge is 1.00 e. The summed E-state index contributed by atoms with van der Waals surface area (Å²) in [5.41, 5.74) is 5.29. The van der Waals surface area contributed by atoms with Crippen LogP contribution in [0.4, 0.5) is 0 Å². The van der Waals surface area contributed by atoms with E-state index in [0.717, 1.165) is 73.6 Å². The maximum absolute atomic E-state index is 11.2. The first kappa shape index (κ1) is 63.5. The Morgan fingerprint density at radius 2 is 1.17 bits per heavy atom. The zero-order chi connectivity index (χ0) is 43.3. The standard InChI is InChI=1S/C25H32ClNO.C13H19N.C12H14BrClO.CH2O3.2CH4.2K.H/c26-23-13-11-22(12-14-23)25(15-5-16-25)24(28)19-27-17-4-8-21(18-27)10-9-20-6-2-1-3-7-20;1-2-5-12(6-3-1)8-9-13-7-4-10-14-11-13;13-8-11(15)12(6-1-7-12)9-2-4-10(14)5-3-9;2-1-4-3;;;;;/h1-3,6-7,11-14,21,24,28H,4-5,8-10,15-19H2;1-3,5-6,13-14H,4,7-11H2;2-5,11,15H,1,6-8H2;1,3H;2*1H4;;;/q;;;;;;2*+1;-1/p-1/t21-,24+;13-;11-;;;;;;/m001....../s1. The Morgan fingerprint density at radius 1 is 0.723 bits per heavy atom. The van der Waals surface area contributed by atoms with Crippen LogP contribution in [-0.4, -0.2) is 71.8 Å². The van der Waals surface area contributed by atoms with Gasteiger partial charge in [0.1, 0.15) is 0 Å². The average Bonchev–Trinajstić information content (AvgIpc) is 3.27. The van der Waals surface area contributed by atoms with E-state index < -0.39 is 0 Å². The van der Waals surface area contributed by atoms with E-state index in [-0.39, 0.29) is 149 Å². The molecule has 0 bridgehead atoms. The Balaban J connectivity index is 0.000000953. The molecule has 2 saturated heterocycles. The second-order valence-electron chi connectivity index (χ2n) is 17.4. The molecule has 12 heteroatoms. The molecule has 4 fully saturated rings. The van der Waals surface area contributed by atoms with Crippen LogP contribution in [0.1, 0.15) is 116 Å². The number of halogens is 3. The first-order valence-corrected chi connectivity index (χ1v) is 24.3. The van der Waals surface area contributed by atoms with E-state index in [1.54, 1.807) is 0 Å². The zero-order valence-electron chi connectivity index (χ0n) is 38.6. The van der Waals surface area contributed by atoms with Gasteiger partial charge in [0.15, 0.2) is 0 Å². The van der Waals surface area contributed by atoms with Gasteiger partial charge in [0.2, 0.25) is 0 Å². The van der Waals surface area contributed by atoms with Gasteiger partial charge in [-0.1, -0.05) is 152 Å². The number of piperidine rings is 2. The maximum Gasteiger partial charge on any atom is 1.00 e. The number of aliphatic hydroxyl groups excluding tert-OH is 2. The minimum Gasteiger partial charge on any atom is -1.00 e. The number of hydrogen-bond acceptors (Lipinski definition) is 7. The van der Waals surface area contributed by atoms with Crippen LogP contribution in [0, 0.1) is 11.8 Å². The number of aryl methyl sites for hydroxylation is 2. The Bertz CT molecular complexity index is 1810. The molecule has 0 aromatic heterocycles. The van der Waals surface area contributed by atoms with Crippen LogP contribution in [0.25, 0.3) is 0 Å². The summed E-state index contributed by atoms with van der Waals surface area (Å²) in [4.78, 5) is 13.8. The molecule has 350 valence electrons. The van der Waals surface area contributed by atoms with E-state index in [1.165, 1.54) is 93.1 Å². The first-order valence-electron chi connectivity index (χ1n) is 22.4. The van der Waals surface area contributed by atoms with Crippen molar-refractivity contribution in [3.63, 3.8) is 0 Å². The SMILES string of the molecule is C.C.O=CO[O-].O[C@H](CBr)C1(c2ccc(Cl)cc2)CCC1.O[C@H](CN1CCC[C@@H](CCc2ccccc2)C1)C1(c2ccc(Cl)cc2)CCC1.[H-].[K+].[K+].c1ccc(CC[C@@H]2CCCNC2)cc1. The van der Waals surface area contributed by atoms with Gasteiger partial charge in [-0.05, 0) is 155 Å². The summed E-state index contributed by atoms with van der Waals surface area (Å²) >= 11 is 15.3. The van der Waals surface area contributed by atoms with Crippen molar-refractivity contribution >= 4 is 45.6 Å². The van der Waals surface area contributed by atoms with E-state index >= 15 is 0 Å². The molecule has 2 aliphatic carbocycles. The van der Waals surface area contributed by atoms with Crippen LogP contribution in [0.5, 0.6) is 0 Å². The number of carbonyl (C=O) groups is 1. The van der Waals surface area contributed by atoms with Crippen LogP contribution in [-0.2, 0) is 33.4 Å². The molecule has 7 nitrogen and oxygen atoms in total. The van der Waals surface area contributed by atoms with Crippen LogP contribution in [0.2, 0.25) is 10.0 Å². The Morgan fingerprint density at radius 3 is 1.57 bits per heavy atom. The average molecular weight is 1050 g/mol. The van der Waals surface area contributed by atoms with Gasteiger partial charge in [-0.15, -0.1) is 0 Å². The molecule has 4 aliphatic rings. The molecular formula is C53H75BrCl2K2N2O5. The molecule has 2 aliphatic heterocycles. The Kier molecular flexibility index (Phi) is 33.9. The minimum atomic E-state index is -0.299. The van der Waals surface area contributed by atoms with Gasteiger partial charge in [-0.25, -0.2) is 0 Å². The van der Waals surface area contributed by atoms with E-state index in [2.05, 4.69) is 104 Å². The maximum atomic E-state index is 11.2. The van der Waals surface area contributed by atoms with Crippen LogP contribution in [0.3, 0.4) is 0 Å². The van der Waals surface area contributed by atoms with E-state index in [0.29, 0.717) is 5.33 Å². The number of benzene rings is 4. The van der Waals surface area contributed by atoms with Crippen LogP contribution in [0.15, 0.2) is 109 Å². The summed E-state index contributed by atoms with van der Waals surface area (Å²) in [5, 5.41) is 35.3. The molecule has 0 amide bonds. The molecule has 4 aromatic carbocycles. The van der Waals surface area contributed by atoms with Crippen molar-refractivity contribution in [1.29, 1.82) is 0 Å².